The topological polar surface area (TPSA) is 14.1 Å². The van der Waals surface area contributed by atoms with Gasteiger partial charge in [0.2, 0.25) is 0 Å². The third-order valence-electron chi connectivity index (χ3n) is 2.24. The molecule has 0 rings (SSSR count). The van der Waals surface area contributed by atoms with Crippen molar-refractivity contribution in [3.8, 4) is 0 Å². The van der Waals surface area contributed by atoms with Crippen molar-refractivity contribution < 1.29 is 39.5 Å². The number of hydrogen-bond donors (Lipinski definition) is 0. The van der Waals surface area contributed by atoms with E-state index in [9.17, 15) is 39.5 Å². The number of rotatable bonds is 7. The first-order valence-corrected chi connectivity index (χ1v) is 5.14. The molecule has 0 N–H and O–H groups in total. The van der Waals surface area contributed by atoms with Crippen LogP contribution in [0.3, 0.4) is 0 Å². The minimum absolute atomic E-state index is 0.195. The molecule has 0 amide bonds. The first-order valence-electron chi connectivity index (χ1n) is 5.14. The van der Waals surface area contributed by atoms with Gasteiger partial charge in [-0.1, -0.05) is 13.3 Å². The van der Waals surface area contributed by atoms with E-state index >= 15 is 0 Å². The maximum Gasteiger partial charge on any atom is 0.460 e. The van der Waals surface area contributed by atoms with Crippen molar-refractivity contribution in [1.82, 2.24) is 0 Å². The lowest BCUT2D eigenvalue weighted by atomic mass is 9.99. The Morgan fingerprint density at radius 2 is 1.26 bits per heavy atom. The van der Waals surface area contributed by atoms with Gasteiger partial charge >= 0.3 is 23.9 Å². The minimum atomic E-state index is -6.80. The molecule has 0 heterocycles. The van der Waals surface area contributed by atoms with Gasteiger partial charge in [-0.2, -0.15) is 46.1 Å². The zero-order valence-corrected chi connectivity index (χ0v) is 9.68. The van der Waals surface area contributed by atoms with Gasteiger partial charge in [-0.05, 0) is 0 Å². The summed E-state index contributed by atoms with van der Waals surface area (Å²) in [7, 11) is 0. The highest BCUT2D eigenvalue weighted by atomic mass is 19.4. The van der Waals surface area contributed by atoms with Crippen LogP contribution < -0.4 is 0 Å². The van der Waals surface area contributed by atoms with E-state index in [0.717, 1.165) is 0 Å². The summed E-state index contributed by atoms with van der Waals surface area (Å²) < 4.78 is 111. The minimum Gasteiger partial charge on any atom is -0.662 e. The summed E-state index contributed by atoms with van der Waals surface area (Å²) >= 11 is 0. The van der Waals surface area contributed by atoms with E-state index in [4.69, 9.17) is 0 Å². The van der Waals surface area contributed by atoms with E-state index in [-0.39, 0.29) is 13.1 Å². The summed E-state index contributed by atoms with van der Waals surface area (Å²) in [5.74, 6) is -18.8. The summed E-state index contributed by atoms with van der Waals surface area (Å²) in [5, 5.41) is 3.48. The molecule has 0 aromatic carbocycles. The molecule has 0 aromatic heterocycles. The quantitative estimate of drug-likeness (QED) is 0.481. The second-order valence-electron chi connectivity index (χ2n) is 3.72. The Balaban J connectivity index is 4.96. The molecular weight excluding hydrogens is 293 g/mol. The van der Waals surface area contributed by atoms with Crippen molar-refractivity contribution in [2.75, 3.05) is 13.1 Å². The van der Waals surface area contributed by atoms with Gasteiger partial charge in [-0.3, -0.25) is 0 Å². The molecular formula is C9H11F9N-. The molecule has 19 heavy (non-hydrogen) atoms. The summed E-state index contributed by atoms with van der Waals surface area (Å²) in [6.45, 7) is 1.39. The Morgan fingerprint density at radius 1 is 0.789 bits per heavy atom. The molecule has 10 heteroatoms. The lowest BCUT2D eigenvalue weighted by molar-refractivity contribution is -0.396. The van der Waals surface area contributed by atoms with Crippen LogP contribution in [-0.2, 0) is 0 Å². The average molecular weight is 304 g/mol. The number of hydrogen-bond acceptors (Lipinski definition) is 0. The third kappa shape index (κ3) is 3.67. The fourth-order valence-corrected chi connectivity index (χ4v) is 1.14. The van der Waals surface area contributed by atoms with Crippen molar-refractivity contribution >= 4 is 0 Å². The number of alkyl halides is 9. The molecule has 0 radical (unpaired) electrons. The molecule has 0 aliphatic carbocycles. The second-order valence-corrected chi connectivity index (χ2v) is 3.72. The van der Waals surface area contributed by atoms with Crippen molar-refractivity contribution in [3.63, 3.8) is 0 Å². The van der Waals surface area contributed by atoms with Crippen molar-refractivity contribution in [1.29, 1.82) is 0 Å². The van der Waals surface area contributed by atoms with E-state index in [2.05, 4.69) is 5.32 Å². The fraction of sp³-hybridized carbons (Fsp3) is 1.00. The van der Waals surface area contributed by atoms with Crippen molar-refractivity contribution in [2.45, 2.75) is 43.7 Å². The Morgan fingerprint density at radius 3 is 1.63 bits per heavy atom. The van der Waals surface area contributed by atoms with E-state index in [0.29, 0.717) is 0 Å². The summed E-state index contributed by atoms with van der Waals surface area (Å²) in [6, 6.07) is 0. The van der Waals surface area contributed by atoms with Crippen LogP contribution in [-0.4, -0.2) is 37.0 Å². The van der Waals surface area contributed by atoms with Gasteiger partial charge in [0.1, 0.15) is 0 Å². The predicted molar refractivity (Wildman–Crippen MR) is 48.9 cm³/mol. The van der Waals surface area contributed by atoms with E-state index in [1.54, 1.807) is 0 Å². The zero-order valence-electron chi connectivity index (χ0n) is 9.68. The number of nitrogens with zero attached hydrogens (tertiary/aromatic N) is 1. The van der Waals surface area contributed by atoms with Crippen LogP contribution >= 0.6 is 0 Å². The lowest BCUT2D eigenvalue weighted by Gasteiger charge is -2.34. The molecule has 116 valence electrons. The molecule has 0 spiro atoms. The highest BCUT2D eigenvalue weighted by molar-refractivity contribution is 5.00. The van der Waals surface area contributed by atoms with Crippen LogP contribution in [0.15, 0.2) is 0 Å². The molecule has 0 aliphatic rings. The highest BCUT2D eigenvalue weighted by Crippen LogP contribution is 2.54. The normalized spacial score (nSPS) is 14.8. The largest absolute Gasteiger partial charge is 0.662 e. The molecule has 1 nitrogen and oxygen atoms in total. The Bertz CT molecular complexity index is 284. The number of halogens is 9. The van der Waals surface area contributed by atoms with Gasteiger partial charge in [0.05, 0.1) is 0 Å². The maximum atomic E-state index is 12.9. The molecule has 0 saturated carbocycles. The molecule has 0 atom stereocenters. The van der Waals surface area contributed by atoms with Gasteiger partial charge in [-0.25, -0.2) is 0 Å². The van der Waals surface area contributed by atoms with E-state index in [1.165, 1.54) is 6.92 Å². The average Bonchev–Trinajstić information content (AvgIpc) is 2.22. The molecule has 0 unspecified atom stereocenters. The van der Waals surface area contributed by atoms with Gasteiger partial charge in [0.15, 0.2) is 0 Å². The molecule has 0 bridgehead atoms. The SMILES string of the molecule is CC[N-]CCCC(F)(F)C(F)(F)C(F)(F)C(F)(F)F. The standard InChI is InChI=1S/C9H11F9N/c1-2-19-5-3-4-6(10,11)7(12,13)8(14,15)9(16,17)18/h2-5H2,1H3/q-1. The van der Waals surface area contributed by atoms with Gasteiger partial charge < -0.3 is 5.32 Å². The van der Waals surface area contributed by atoms with Crippen LogP contribution in [0.25, 0.3) is 5.32 Å². The summed E-state index contributed by atoms with van der Waals surface area (Å²) in [4.78, 5) is 0. The smallest absolute Gasteiger partial charge is 0.460 e. The van der Waals surface area contributed by atoms with Crippen LogP contribution in [0.2, 0.25) is 0 Å². The van der Waals surface area contributed by atoms with Crippen LogP contribution in [0.1, 0.15) is 19.8 Å². The molecule has 0 aromatic rings. The van der Waals surface area contributed by atoms with E-state index < -0.39 is 36.8 Å². The third-order valence-corrected chi connectivity index (χ3v) is 2.24. The first kappa shape index (κ1) is 18.3. The predicted octanol–water partition coefficient (Wildman–Crippen LogP) is 4.63. The maximum absolute atomic E-state index is 12.9. The zero-order chi connectivity index (χ0) is 15.5. The monoisotopic (exact) mass is 304 g/mol. The summed E-state index contributed by atoms with van der Waals surface area (Å²) in [5.41, 5.74) is 0. The van der Waals surface area contributed by atoms with Crippen molar-refractivity contribution in [2.24, 2.45) is 0 Å². The van der Waals surface area contributed by atoms with Crippen LogP contribution in [0.5, 0.6) is 0 Å². The van der Waals surface area contributed by atoms with Gasteiger partial charge in [0, 0.05) is 6.42 Å². The van der Waals surface area contributed by atoms with Gasteiger partial charge in [0.25, 0.3) is 0 Å². The highest BCUT2D eigenvalue weighted by Gasteiger charge is 2.81. The molecule has 0 saturated heterocycles. The second kappa shape index (κ2) is 5.76. The van der Waals surface area contributed by atoms with Crippen LogP contribution in [0, 0.1) is 0 Å². The Kier molecular flexibility index (Phi) is 5.56. The first-order chi connectivity index (χ1) is 8.31. The lowest BCUT2D eigenvalue weighted by Crippen LogP contribution is -2.60. The Labute approximate surface area is 103 Å². The van der Waals surface area contributed by atoms with Crippen molar-refractivity contribution in [3.05, 3.63) is 5.32 Å². The molecule has 0 aliphatic heterocycles. The Hall–Kier alpha value is -0.670. The fourth-order valence-electron chi connectivity index (χ4n) is 1.14. The molecule has 0 fully saturated rings. The van der Waals surface area contributed by atoms with Crippen LogP contribution in [0.4, 0.5) is 39.5 Å². The van der Waals surface area contributed by atoms with Gasteiger partial charge in [-0.15, -0.1) is 6.54 Å². The van der Waals surface area contributed by atoms with E-state index in [1.807, 2.05) is 0 Å². The summed E-state index contributed by atoms with van der Waals surface area (Å²) in [6.07, 6.45) is -9.28.